The number of fused-ring (bicyclic) bond motifs is 1. The summed E-state index contributed by atoms with van der Waals surface area (Å²) in [5.74, 6) is 2.55. The number of anilines is 2. The molecular weight excluding hydrogens is 468 g/mol. The summed E-state index contributed by atoms with van der Waals surface area (Å²) in [5.41, 5.74) is 3.45. The summed E-state index contributed by atoms with van der Waals surface area (Å²) >= 11 is 0. The van der Waals surface area contributed by atoms with Crippen LogP contribution in [0.15, 0.2) is 61.1 Å². The maximum absolute atomic E-state index is 12.9. The predicted molar refractivity (Wildman–Crippen MR) is 143 cm³/mol. The van der Waals surface area contributed by atoms with E-state index < -0.39 is 6.10 Å². The number of aryl methyl sites for hydroxylation is 2. The highest BCUT2D eigenvalue weighted by atomic mass is 16.5. The Balaban J connectivity index is 1.37. The molecule has 2 N–H and O–H groups in total. The fourth-order valence-corrected chi connectivity index (χ4v) is 4.27. The van der Waals surface area contributed by atoms with Gasteiger partial charge in [-0.3, -0.25) is 9.78 Å². The summed E-state index contributed by atoms with van der Waals surface area (Å²) in [7, 11) is 0. The van der Waals surface area contributed by atoms with Gasteiger partial charge in [0.1, 0.15) is 29.4 Å². The van der Waals surface area contributed by atoms with E-state index >= 15 is 0 Å². The van der Waals surface area contributed by atoms with E-state index in [4.69, 9.17) is 9.47 Å². The summed E-state index contributed by atoms with van der Waals surface area (Å²) < 4.78 is 12.2. The topological polar surface area (TPSA) is 102 Å². The third-order valence-corrected chi connectivity index (χ3v) is 6.25. The van der Waals surface area contributed by atoms with Gasteiger partial charge in [-0.05, 0) is 68.8 Å². The Kier molecular flexibility index (Phi) is 7.14. The summed E-state index contributed by atoms with van der Waals surface area (Å²) in [4.78, 5) is 28.0. The summed E-state index contributed by atoms with van der Waals surface area (Å²) in [6, 6.07) is 15.3. The van der Waals surface area contributed by atoms with Crippen LogP contribution in [0.2, 0.25) is 0 Å². The van der Waals surface area contributed by atoms with Gasteiger partial charge < -0.3 is 25.0 Å². The van der Waals surface area contributed by atoms with E-state index in [2.05, 4.69) is 25.6 Å². The number of aromatic nitrogens is 3. The van der Waals surface area contributed by atoms with Gasteiger partial charge in [0.2, 0.25) is 0 Å². The molecule has 37 heavy (non-hydrogen) atoms. The predicted octanol–water partition coefficient (Wildman–Crippen LogP) is 4.38. The average Bonchev–Trinajstić information content (AvgIpc) is 2.91. The molecule has 2 aromatic carbocycles. The number of hydrogen-bond donors (Lipinski definition) is 2. The Bertz CT molecular complexity index is 1400. The number of nitrogens with zero attached hydrogens (tertiary/aromatic N) is 4. The van der Waals surface area contributed by atoms with Crippen LogP contribution in [0.3, 0.4) is 0 Å². The number of ether oxygens (including phenoxy) is 2. The Morgan fingerprint density at radius 1 is 1.03 bits per heavy atom. The van der Waals surface area contributed by atoms with Gasteiger partial charge in [0.05, 0.1) is 17.1 Å². The smallest absolute Gasteiger partial charge is 0.263 e. The molecule has 1 fully saturated rings. The minimum atomic E-state index is -0.633. The fraction of sp³-hybridized carbons (Fsp3) is 0.286. The Hall–Kier alpha value is -4.24. The molecule has 1 aliphatic rings. The molecule has 0 bridgehead atoms. The molecule has 9 heteroatoms. The molecule has 1 saturated heterocycles. The maximum atomic E-state index is 12.9. The van der Waals surface area contributed by atoms with Gasteiger partial charge in [0.25, 0.3) is 5.91 Å². The van der Waals surface area contributed by atoms with E-state index in [9.17, 15) is 4.79 Å². The molecule has 1 amide bonds. The van der Waals surface area contributed by atoms with Crippen LogP contribution >= 0.6 is 0 Å². The van der Waals surface area contributed by atoms with Crippen LogP contribution in [0.25, 0.3) is 10.9 Å². The van der Waals surface area contributed by atoms with E-state index in [0.29, 0.717) is 35.8 Å². The van der Waals surface area contributed by atoms with E-state index in [-0.39, 0.29) is 5.91 Å². The fourth-order valence-electron chi connectivity index (χ4n) is 4.27. The summed E-state index contributed by atoms with van der Waals surface area (Å²) in [5, 5.41) is 7.37. The molecule has 3 heterocycles. The lowest BCUT2D eigenvalue weighted by Gasteiger charge is -2.30. The third kappa shape index (κ3) is 5.62. The van der Waals surface area contributed by atoms with Crippen molar-refractivity contribution >= 4 is 28.3 Å². The van der Waals surface area contributed by atoms with Crippen LogP contribution in [-0.4, -0.2) is 58.0 Å². The molecule has 0 radical (unpaired) electrons. The van der Waals surface area contributed by atoms with E-state index in [0.717, 1.165) is 41.3 Å². The van der Waals surface area contributed by atoms with E-state index in [1.807, 2.05) is 67.3 Å². The molecule has 0 aliphatic carbocycles. The van der Waals surface area contributed by atoms with Gasteiger partial charge in [0.15, 0.2) is 6.10 Å². The van der Waals surface area contributed by atoms with Gasteiger partial charge >= 0.3 is 0 Å². The number of hydrogen-bond acceptors (Lipinski definition) is 8. The van der Waals surface area contributed by atoms with Gasteiger partial charge in [0, 0.05) is 37.6 Å². The number of nitrogens with one attached hydrogen (secondary N) is 2. The number of piperazine rings is 1. The molecule has 2 aromatic heterocycles. The molecule has 9 nitrogen and oxygen atoms in total. The van der Waals surface area contributed by atoms with Crippen molar-refractivity contribution in [2.45, 2.75) is 26.9 Å². The molecule has 1 aliphatic heterocycles. The lowest BCUT2D eigenvalue weighted by atomic mass is 10.1. The highest BCUT2D eigenvalue weighted by molar-refractivity contribution is 5.96. The van der Waals surface area contributed by atoms with Crippen molar-refractivity contribution in [2.75, 3.05) is 31.5 Å². The summed E-state index contributed by atoms with van der Waals surface area (Å²) in [6.07, 6.45) is 2.59. The monoisotopic (exact) mass is 498 g/mol. The molecule has 0 spiro atoms. The molecule has 190 valence electrons. The SMILES string of the molecule is Cc1ccc(Oc2ccc(Nc3ncnc4cccc(OC(C)C(=O)N5CCNCC5)c34)cc2C)cn1. The van der Waals surface area contributed by atoms with Crippen LogP contribution in [-0.2, 0) is 4.79 Å². The lowest BCUT2D eigenvalue weighted by Crippen LogP contribution is -2.50. The van der Waals surface area contributed by atoms with Crippen molar-refractivity contribution in [3.05, 3.63) is 72.3 Å². The van der Waals surface area contributed by atoms with Crippen molar-refractivity contribution in [1.82, 2.24) is 25.2 Å². The zero-order valence-corrected chi connectivity index (χ0v) is 21.2. The quantitative estimate of drug-likeness (QED) is 0.387. The van der Waals surface area contributed by atoms with E-state index in [1.54, 1.807) is 13.1 Å². The second-order valence-corrected chi connectivity index (χ2v) is 9.05. The number of carbonyl (C=O) groups excluding carboxylic acids is 1. The van der Waals surface area contributed by atoms with E-state index in [1.165, 1.54) is 6.33 Å². The van der Waals surface area contributed by atoms with Gasteiger partial charge in [-0.15, -0.1) is 0 Å². The Morgan fingerprint density at radius 3 is 2.62 bits per heavy atom. The maximum Gasteiger partial charge on any atom is 0.263 e. The molecule has 0 saturated carbocycles. The minimum Gasteiger partial charge on any atom is -0.480 e. The van der Waals surface area contributed by atoms with Crippen LogP contribution in [0.1, 0.15) is 18.2 Å². The van der Waals surface area contributed by atoms with Crippen molar-refractivity contribution in [2.24, 2.45) is 0 Å². The number of amides is 1. The zero-order chi connectivity index (χ0) is 25.8. The first-order chi connectivity index (χ1) is 18.0. The average molecular weight is 499 g/mol. The first-order valence-electron chi connectivity index (χ1n) is 12.4. The van der Waals surface area contributed by atoms with Crippen LogP contribution in [0, 0.1) is 13.8 Å². The molecule has 5 rings (SSSR count). The Morgan fingerprint density at radius 2 is 1.86 bits per heavy atom. The second kappa shape index (κ2) is 10.8. The van der Waals surface area contributed by atoms with Gasteiger partial charge in [-0.2, -0.15) is 0 Å². The number of pyridine rings is 1. The molecular formula is C28H30N6O3. The van der Waals surface area contributed by atoms with Crippen LogP contribution in [0.4, 0.5) is 11.5 Å². The lowest BCUT2D eigenvalue weighted by molar-refractivity contribution is -0.138. The Labute approximate surface area is 215 Å². The minimum absolute atomic E-state index is 0.0279. The second-order valence-electron chi connectivity index (χ2n) is 9.05. The highest BCUT2D eigenvalue weighted by Gasteiger charge is 2.24. The molecule has 1 unspecified atom stereocenters. The van der Waals surface area contributed by atoms with Crippen molar-refractivity contribution < 1.29 is 14.3 Å². The molecule has 4 aromatic rings. The molecule has 1 atom stereocenters. The van der Waals surface area contributed by atoms with Gasteiger partial charge in [-0.1, -0.05) is 6.07 Å². The number of carbonyl (C=O) groups is 1. The number of rotatable bonds is 7. The van der Waals surface area contributed by atoms with Crippen LogP contribution < -0.4 is 20.1 Å². The van der Waals surface area contributed by atoms with Crippen molar-refractivity contribution in [3.63, 3.8) is 0 Å². The zero-order valence-electron chi connectivity index (χ0n) is 21.2. The first kappa shape index (κ1) is 24.5. The summed E-state index contributed by atoms with van der Waals surface area (Å²) in [6.45, 7) is 8.65. The standard InChI is InChI=1S/C28H30N6O3/c1-18-15-21(8-10-24(18)37-22-9-7-19(2)30-16-22)33-27-26-23(31-17-32-27)5-4-6-25(26)36-20(3)28(35)34-13-11-29-12-14-34/h4-10,15-17,20,29H,11-14H2,1-3H3,(H,31,32,33). The van der Waals surface area contributed by atoms with Crippen molar-refractivity contribution in [3.8, 4) is 17.2 Å². The normalized spacial score (nSPS) is 14.3. The largest absolute Gasteiger partial charge is 0.480 e. The first-order valence-corrected chi connectivity index (χ1v) is 12.4. The third-order valence-electron chi connectivity index (χ3n) is 6.25. The van der Waals surface area contributed by atoms with Gasteiger partial charge in [-0.25, -0.2) is 9.97 Å². The number of benzene rings is 2. The van der Waals surface area contributed by atoms with Crippen molar-refractivity contribution in [1.29, 1.82) is 0 Å². The highest BCUT2D eigenvalue weighted by Crippen LogP contribution is 2.34. The van der Waals surface area contributed by atoms with Crippen LogP contribution in [0.5, 0.6) is 17.2 Å².